The van der Waals surface area contributed by atoms with Gasteiger partial charge in [-0.05, 0) is 20.8 Å². The number of aliphatic hydroxyl groups excluding tert-OH is 1. The van der Waals surface area contributed by atoms with Gasteiger partial charge in [0.25, 0.3) is 0 Å². The third-order valence-corrected chi connectivity index (χ3v) is 4.97. The van der Waals surface area contributed by atoms with E-state index >= 15 is 0 Å². The van der Waals surface area contributed by atoms with Crippen LogP contribution in [0.3, 0.4) is 0 Å². The molecule has 0 fully saturated rings. The molecule has 0 heterocycles. The lowest BCUT2D eigenvalue weighted by Crippen LogP contribution is -2.37. The minimum atomic E-state index is -3.13. The lowest BCUT2D eigenvalue weighted by Gasteiger charge is -2.27. The SMILES string of the molecule is CC(C)(CO)CS(=O)(=O)C(C)(C)C. The molecule has 80 valence electrons. The van der Waals surface area contributed by atoms with Gasteiger partial charge in [-0.3, -0.25) is 0 Å². The van der Waals surface area contributed by atoms with Crippen molar-refractivity contribution in [2.75, 3.05) is 12.4 Å². The van der Waals surface area contributed by atoms with Gasteiger partial charge in [0.15, 0.2) is 9.84 Å². The van der Waals surface area contributed by atoms with Gasteiger partial charge in [0.05, 0.1) is 10.5 Å². The standard InChI is InChI=1S/C9H20O3S/c1-8(2,3)13(11,12)7-9(4,5)6-10/h10H,6-7H2,1-5H3. The van der Waals surface area contributed by atoms with E-state index in [2.05, 4.69) is 0 Å². The van der Waals surface area contributed by atoms with E-state index in [0.717, 1.165) is 0 Å². The van der Waals surface area contributed by atoms with Gasteiger partial charge in [-0.2, -0.15) is 0 Å². The van der Waals surface area contributed by atoms with Crippen LogP contribution in [0.25, 0.3) is 0 Å². The third-order valence-electron chi connectivity index (χ3n) is 1.94. The smallest absolute Gasteiger partial charge is 0.155 e. The molecule has 0 saturated heterocycles. The van der Waals surface area contributed by atoms with Crippen LogP contribution in [0.1, 0.15) is 34.6 Å². The summed E-state index contributed by atoms with van der Waals surface area (Å²) in [5.74, 6) is 0.0278. The Bertz CT molecular complexity index is 257. The van der Waals surface area contributed by atoms with Crippen molar-refractivity contribution in [2.45, 2.75) is 39.4 Å². The van der Waals surface area contributed by atoms with E-state index in [4.69, 9.17) is 5.11 Å². The Balaban J connectivity index is 4.74. The molecule has 0 aliphatic carbocycles. The molecular formula is C9H20O3S. The fourth-order valence-corrected chi connectivity index (χ4v) is 2.33. The molecule has 0 bridgehead atoms. The Morgan fingerprint density at radius 1 is 1.08 bits per heavy atom. The number of hydrogen-bond donors (Lipinski definition) is 1. The Morgan fingerprint density at radius 3 is 1.69 bits per heavy atom. The van der Waals surface area contributed by atoms with E-state index < -0.39 is 20.0 Å². The van der Waals surface area contributed by atoms with Gasteiger partial charge in [-0.15, -0.1) is 0 Å². The van der Waals surface area contributed by atoms with Crippen LogP contribution in [0.15, 0.2) is 0 Å². The van der Waals surface area contributed by atoms with Gasteiger partial charge in [0, 0.05) is 12.0 Å². The topological polar surface area (TPSA) is 54.4 Å². The highest BCUT2D eigenvalue weighted by Gasteiger charge is 2.34. The van der Waals surface area contributed by atoms with Crippen LogP contribution in [0.5, 0.6) is 0 Å². The van der Waals surface area contributed by atoms with Crippen molar-refractivity contribution in [3.63, 3.8) is 0 Å². The van der Waals surface area contributed by atoms with Crippen molar-refractivity contribution in [1.29, 1.82) is 0 Å². The molecule has 0 unspecified atom stereocenters. The van der Waals surface area contributed by atoms with Gasteiger partial charge in [0.2, 0.25) is 0 Å². The van der Waals surface area contributed by atoms with Gasteiger partial charge in [0.1, 0.15) is 0 Å². The maximum absolute atomic E-state index is 11.7. The first kappa shape index (κ1) is 12.9. The van der Waals surface area contributed by atoms with E-state index in [1.807, 2.05) is 0 Å². The maximum atomic E-state index is 11.7. The highest BCUT2D eigenvalue weighted by molar-refractivity contribution is 7.92. The van der Waals surface area contributed by atoms with Crippen LogP contribution < -0.4 is 0 Å². The number of aliphatic hydroxyl groups is 1. The molecule has 4 heteroatoms. The highest BCUT2D eigenvalue weighted by Crippen LogP contribution is 2.24. The van der Waals surface area contributed by atoms with Crippen LogP contribution in [0.2, 0.25) is 0 Å². The summed E-state index contributed by atoms with van der Waals surface area (Å²) >= 11 is 0. The third kappa shape index (κ3) is 3.65. The van der Waals surface area contributed by atoms with Crippen LogP contribution >= 0.6 is 0 Å². The second-order valence-electron chi connectivity index (χ2n) is 5.19. The molecule has 0 rings (SSSR count). The molecule has 0 amide bonds. The first-order chi connectivity index (χ1) is 5.52. The van der Waals surface area contributed by atoms with E-state index in [0.29, 0.717) is 0 Å². The van der Waals surface area contributed by atoms with E-state index in [9.17, 15) is 8.42 Å². The Kier molecular flexibility index (Phi) is 3.55. The first-order valence-electron chi connectivity index (χ1n) is 4.35. The van der Waals surface area contributed by atoms with Crippen molar-refractivity contribution in [1.82, 2.24) is 0 Å². The molecule has 1 N–H and O–H groups in total. The molecule has 0 spiro atoms. The maximum Gasteiger partial charge on any atom is 0.155 e. The second kappa shape index (κ2) is 3.58. The minimum absolute atomic E-state index is 0.0278. The minimum Gasteiger partial charge on any atom is -0.396 e. The number of rotatable bonds is 3. The summed E-state index contributed by atoms with van der Waals surface area (Å²) in [4.78, 5) is 0. The summed E-state index contributed by atoms with van der Waals surface area (Å²) in [5, 5.41) is 8.96. The van der Waals surface area contributed by atoms with Crippen LogP contribution in [-0.2, 0) is 9.84 Å². The second-order valence-corrected chi connectivity index (χ2v) is 7.94. The van der Waals surface area contributed by atoms with Gasteiger partial charge >= 0.3 is 0 Å². The molecule has 0 saturated carbocycles. The highest BCUT2D eigenvalue weighted by atomic mass is 32.2. The molecule has 13 heavy (non-hydrogen) atoms. The van der Waals surface area contributed by atoms with Crippen molar-refractivity contribution in [3.05, 3.63) is 0 Å². The van der Waals surface area contributed by atoms with Gasteiger partial charge < -0.3 is 5.11 Å². The summed E-state index contributed by atoms with van der Waals surface area (Å²) in [7, 11) is -3.13. The monoisotopic (exact) mass is 208 g/mol. The van der Waals surface area contributed by atoms with Crippen molar-refractivity contribution in [3.8, 4) is 0 Å². The Morgan fingerprint density at radius 2 is 1.46 bits per heavy atom. The normalized spacial score (nSPS) is 14.6. The fraction of sp³-hybridized carbons (Fsp3) is 1.00. The summed E-state index contributed by atoms with van der Waals surface area (Å²) in [5.41, 5.74) is -0.549. The molecule has 0 atom stereocenters. The zero-order valence-electron chi connectivity index (χ0n) is 9.09. The van der Waals surface area contributed by atoms with E-state index in [1.54, 1.807) is 34.6 Å². The molecule has 0 aliphatic heterocycles. The average molecular weight is 208 g/mol. The fourth-order valence-electron chi connectivity index (χ4n) is 0.777. The van der Waals surface area contributed by atoms with Gasteiger partial charge in [-0.1, -0.05) is 13.8 Å². The first-order valence-corrected chi connectivity index (χ1v) is 6.00. The van der Waals surface area contributed by atoms with Crippen molar-refractivity contribution >= 4 is 9.84 Å². The molecular weight excluding hydrogens is 188 g/mol. The van der Waals surface area contributed by atoms with Crippen molar-refractivity contribution in [2.24, 2.45) is 5.41 Å². The van der Waals surface area contributed by atoms with Crippen LogP contribution in [0, 0.1) is 5.41 Å². The van der Waals surface area contributed by atoms with Crippen molar-refractivity contribution < 1.29 is 13.5 Å². The van der Waals surface area contributed by atoms with E-state index in [1.165, 1.54) is 0 Å². The molecule has 0 aromatic carbocycles. The van der Waals surface area contributed by atoms with Crippen LogP contribution in [-0.4, -0.2) is 30.6 Å². The summed E-state index contributed by atoms with van der Waals surface area (Å²) in [6.45, 7) is 8.41. The molecule has 3 nitrogen and oxygen atoms in total. The predicted octanol–water partition coefficient (Wildman–Crippen LogP) is 1.22. The molecule has 0 aromatic heterocycles. The Labute approximate surface area is 81.1 Å². The zero-order chi connectivity index (χ0) is 10.9. The summed E-state index contributed by atoms with van der Waals surface area (Å²) in [6, 6.07) is 0. The quantitative estimate of drug-likeness (QED) is 0.758. The molecule has 0 aromatic rings. The average Bonchev–Trinajstić information content (AvgIpc) is 1.83. The van der Waals surface area contributed by atoms with E-state index in [-0.39, 0.29) is 12.4 Å². The van der Waals surface area contributed by atoms with Gasteiger partial charge in [-0.25, -0.2) is 8.42 Å². The zero-order valence-corrected chi connectivity index (χ0v) is 9.90. The molecule has 0 radical (unpaired) electrons. The Hall–Kier alpha value is -0.0900. The largest absolute Gasteiger partial charge is 0.396 e. The lowest BCUT2D eigenvalue weighted by atomic mass is 9.98. The molecule has 0 aliphatic rings. The summed E-state index contributed by atoms with van der Waals surface area (Å²) < 4.78 is 22.7. The summed E-state index contributed by atoms with van der Waals surface area (Å²) in [6.07, 6.45) is 0. The predicted molar refractivity (Wildman–Crippen MR) is 54.4 cm³/mol. The number of hydrogen-bond acceptors (Lipinski definition) is 3. The number of sulfone groups is 1. The van der Waals surface area contributed by atoms with Crippen LogP contribution in [0.4, 0.5) is 0 Å². The lowest BCUT2D eigenvalue weighted by molar-refractivity contribution is 0.178.